The molecule has 5 rings (SSSR count). The molecular weight excluding hydrogens is 495 g/mol. The first-order chi connectivity index (χ1) is 18.3. The summed E-state index contributed by atoms with van der Waals surface area (Å²) in [6, 6.07) is 0.350. The lowest BCUT2D eigenvalue weighted by molar-refractivity contribution is -0.139. The molecule has 0 aromatic carbocycles. The van der Waals surface area contributed by atoms with Crippen molar-refractivity contribution in [3.8, 4) is 0 Å². The highest BCUT2D eigenvalue weighted by atomic mass is 19.1. The van der Waals surface area contributed by atoms with E-state index < -0.39 is 23.9 Å². The second kappa shape index (κ2) is 11.1. The van der Waals surface area contributed by atoms with Gasteiger partial charge in [-0.2, -0.15) is 19.6 Å². The van der Waals surface area contributed by atoms with Crippen molar-refractivity contribution in [2.75, 3.05) is 50.0 Å². The van der Waals surface area contributed by atoms with Crippen LogP contribution in [0, 0.1) is 0 Å². The van der Waals surface area contributed by atoms with Crippen molar-refractivity contribution in [1.82, 2.24) is 29.4 Å². The van der Waals surface area contributed by atoms with Gasteiger partial charge in [-0.05, 0) is 31.6 Å². The Morgan fingerprint density at radius 3 is 2.42 bits per heavy atom. The Labute approximate surface area is 220 Å². The van der Waals surface area contributed by atoms with Crippen molar-refractivity contribution in [1.29, 1.82) is 0 Å². The number of likely N-dealkylation sites (tertiary alicyclic amines) is 2. The number of amides is 2. The smallest absolute Gasteiger partial charge is 0.410 e. The minimum atomic E-state index is -1.01. The number of halogens is 1. The Morgan fingerprint density at radius 2 is 1.76 bits per heavy atom. The van der Waals surface area contributed by atoms with Gasteiger partial charge in [0.2, 0.25) is 11.9 Å². The van der Waals surface area contributed by atoms with Crippen molar-refractivity contribution < 1.29 is 23.5 Å². The van der Waals surface area contributed by atoms with E-state index in [1.165, 1.54) is 4.90 Å². The van der Waals surface area contributed by atoms with Gasteiger partial charge < -0.3 is 29.9 Å². The standard InChI is InChI=1S/C25H35FN8O4/c1-15(2)20-12-27-34-21(20)30-23(28-18-6-10-37-11-7-18)31-24(34)29-17-4-8-32(9-5-17)25(36)38-19-13-33(14-19)22(35)16(3)26/h12,15,17-19H,3-11,13-14H2,1-2H3,(H2,28,29,30,31). The minimum absolute atomic E-state index is 0.0900. The molecule has 5 heterocycles. The molecule has 0 unspecified atom stereocenters. The Bertz CT molecular complexity index is 1180. The van der Waals surface area contributed by atoms with Crippen LogP contribution in [-0.4, -0.2) is 99.0 Å². The molecule has 2 N–H and O–H groups in total. The summed E-state index contributed by atoms with van der Waals surface area (Å²) in [5.41, 5.74) is 1.83. The van der Waals surface area contributed by atoms with Crippen LogP contribution in [0.15, 0.2) is 18.6 Å². The average molecular weight is 531 g/mol. The minimum Gasteiger partial charge on any atom is -0.442 e. The van der Waals surface area contributed by atoms with Crippen LogP contribution >= 0.6 is 0 Å². The fourth-order valence-corrected chi connectivity index (χ4v) is 4.94. The Hall–Kier alpha value is -3.48. The highest BCUT2D eigenvalue weighted by Gasteiger charge is 2.36. The van der Waals surface area contributed by atoms with Crippen molar-refractivity contribution in [2.24, 2.45) is 0 Å². The first-order valence-corrected chi connectivity index (χ1v) is 13.2. The zero-order chi connectivity index (χ0) is 26.8. The van der Waals surface area contributed by atoms with Gasteiger partial charge >= 0.3 is 6.09 Å². The molecule has 0 radical (unpaired) electrons. The van der Waals surface area contributed by atoms with Crippen LogP contribution in [0.25, 0.3) is 5.65 Å². The number of ether oxygens (including phenoxy) is 2. The maximum Gasteiger partial charge on any atom is 0.410 e. The number of aromatic nitrogens is 4. The van der Waals surface area contributed by atoms with Crippen molar-refractivity contribution in [3.63, 3.8) is 0 Å². The van der Waals surface area contributed by atoms with Gasteiger partial charge in [0.1, 0.15) is 6.10 Å². The third-order valence-electron chi connectivity index (χ3n) is 7.29. The number of rotatable bonds is 7. The monoisotopic (exact) mass is 530 g/mol. The molecule has 0 saturated carbocycles. The molecule has 2 amide bonds. The summed E-state index contributed by atoms with van der Waals surface area (Å²) in [6.45, 7) is 10.1. The van der Waals surface area contributed by atoms with Crippen molar-refractivity contribution in [2.45, 2.75) is 63.6 Å². The third-order valence-corrected chi connectivity index (χ3v) is 7.29. The predicted octanol–water partition coefficient (Wildman–Crippen LogP) is 2.55. The molecule has 3 aliphatic heterocycles. The molecule has 0 aliphatic carbocycles. The van der Waals surface area contributed by atoms with Crippen LogP contribution in [0.5, 0.6) is 0 Å². The summed E-state index contributed by atoms with van der Waals surface area (Å²) >= 11 is 0. The SMILES string of the molecule is C=C(F)C(=O)N1CC(OC(=O)N2CCC(Nc3nc(NC4CCOCC4)nc4c(C(C)C)cnn34)CC2)C1. The van der Waals surface area contributed by atoms with Crippen molar-refractivity contribution in [3.05, 3.63) is 24.2 Å². The van der Waals surface area contributed by atoms with Crippen LogP contribution in [0.1, 0.15) is 51.0 Å². The molecule has 0 bridgehead atoms. The lowest BCUT2D eigenvalue weighted by Crippen LogP contribution is -2.56. The van der Waals surface area contributed by atoms with Crippen LogP contribution in [-0.2, 0) is 14.3 Å². The van der Waals surface area contributed by atoms with Crippen LogP contribution in [0.4, 0.5) is 21.1 Å². The number of anilines is 2. The number of piperidine rings is 1. The van der Waals surface area contributed by atoms with Crippen LogP contribution in [0.3, 0.4) is 0 Å². The summed E-state index contributed by atoms with van der Waals surface area (Å²) in [5.74, 6) is -0.317. The first-order valence-electron chi connectivity index (χ1n) is 13.2. The van der Waals surface area contributed by atoms with E-state index in [0.29, 0.717) is 37.8 Å². The van der Waals surface area contributed by atoms with E-state index in [9.17, 15) is 14.0 Å². The topological polar surface area (TPSA) is 126 Å². The zero-order valence-corrected chi connectivity index (χ0v) is 21.9. The van der Waals surface area contributed by atoms with Gasteiger partial charge in [0, 0.05) is 44.0 Å². The number of hydrogen-bond acceptors (Lipinski definition) is 9. The van der Waals surface area contributed by atoms with E-state index >= 15 is 0 Å². The maximum absolute atomic E-state index is 13.0. The number of nitrogens with zero attached hydrogens (tertiary/aromatic N) is 6. The molecular formula is C25H35FN8O4. The number of nitrogens with one attached hydrogen (secondary N) is 2. The molecule has 12 nitrogen and oxygen atoms in total. The average Bonchev–Trinajstić information content (AvgIpc) is 3.31. The fraction of sp³-hybridized carbons (Fsp3) is 0.640. The quantitative estimate of drug-likeness (QED) is 0.519. The largest absolute Gasteiger partial charge is 0.442 e. The van der Waals surface area contributed by atoms with Crippen molar-refractivity contribution >= 4 is 29.5 Å². The van der Waals surface area contributed by atoms with Gasteiger partial charge in [0.25, 0.3) is 5.91 Å². The zero-order valence-electron chi connectivity index (χ0n) is 21.9. The second-order valence-electron chi connectivity index (χ2n) is 10.4. The van der Waals surface area contributed by atoms with E-state index in [2.05, 4.69) is 36.2 Å². The fourth-order valence-electron chi connectivity index (χ4n) is 4.94. The summed E-state index contributed by atoms with van der Waals surface area (Å²) in [5, 5.41) is 11.5. The number of carbonyl (C=O) groups excluding carboxylic acids is 2. The lowest BCUT2D eigenvalue weighted by atomic mass is 10.1. The highest BCUT2D eigenvalue weighted by Crippen LogP contribution is 2.25. The first kappa shape index (κ1) is 26.1. The van der Waals surface area contributed by atoms with E-state index in [1.54, 1.807) is 9.42 Å². The number of hydrogen-bond donors (Lipinski definition) is 2. The third kappa shape index (κ3) is 5.66. The van der Waals surface area contributed by atoms with Gasteiger partial charge in [-0.3, -0.25) is 4.79 Å². The Morgan fingerprint density at radius 1 is 1.08 bits per heavy atom. The number of carbonyl (C=O) groups is 2. The summed E-state index contributed by atoms with van der Waals surface area (Å²) in [4.78, 5) is 36.6. The molecule has 3 aliphatic rings. The van der Waals surface area contributed by atoms with Gasteiger partial charge in [-0.1, -0.05) is 20.4 Å². The highest BCUT2D eigenvalue weighted by molar-refractivity contribution is 5.91. The van der Waals surface area contributed by atoms with Gasteiger partial charge in [-0.25, -0.2) is 9.18 Å². The maximum atomic E-state index is 13.0. The molecule has 3 saturated heterocycles. The molecule has 38 heavy (non-hydrogen) atoms. The van der Waals surface area contributed by atoms with Gasteiger partial charge in [0.15, 0.2) is 11.5 Å². The van der Waals surface area contributed by atoms with Crippen LogP contribution < -0.4 is 10.6 Å². The van der Waals surface area contributed by atoms with Crippen LogP contribution in [0.2, 0.25) is 0 Å². The van der Waals surface area contributed by atoms with E-state index in [1.807, 2.05) is 6.20 Å². The molecule has 2 aromatic rings. The summed E-state index contributed by atoms with van der Waals surface area (Å²) in [7, 11) is 0. The summed E-state index contributed by atoms with van der Waals surface area (Å²) < 4.78 is 25.7. The molecule has 0 atom stereocenters. The second-order valence-corrected chi connectivity index (χ2v) is 10.4. The molecule has 2 aromatic heterocycles. The lowest BCUT2D eigenvalue weighted by Gasteiger charge is -2.39. The summed E-state index contributed by atoms with van der Waals surface area (Å²) in [6.07, 6.45) is 4.23. The van der Waals surface area contributed by atoms with E-state index in [0.717, 1.165) is 37.3 Å². The van der Waals surface area contributed by atoms with E-state index in [-0.39, 0.29) is 31.1 Å². The molecule has 13 heteroatoms. The molecule has 3 fully saturated rings. The normalized spacial score (nSPS) is 19.5. The van der Waals surface area contributed by atoms with Gasteiger partial charge in [0.05, 0.1) is 19.3 Å². The molecule has 206 valence electrons. The predicted molar refractivity (Wildman–Crippen MR) is 138 cm³/mol. The number of fused-ring (bicyclic) bond motifs is 1. The molecule has 0 spiro atoms. The van der Waals surface area contributed by atoms with E-state index in [4.69, 9.17) is 19.4 Å². The Kier molecular flexibility index (Phi) is 7.63. The Balaban J connectivity index is 1.19. The van der Waals surface area contributed by atoms with Gasteiger partial charge in [-0.15, -0.1) is 0 Å².